The molecule has 0 N–H and O–H groups in total. The molecule has 0 aliphatic carbocycles. The summed E-state index contributed by atoms with van der Waals surface area (Å²) >= 11 is 0. The van der Waals surface area contributed by atoms with Gasteiger partial charge in [-0.1, -0.05) is 20.3 Å². The molecule has 0 radical (unpaired) electrons. The van der Waals surface area contributed by atoms with E-state index in [4.69, 9.17) is 4.74 Å². The second-order valence-electron chi connectivity index (χ2n) is 2.14. The van der Waals surface area contributed by atoms with E-state index in [2.05, 4.69) is 19.9 Å². The van der Waals surface area contributed by atoms with Gasteiger partial charge in [0.15, 0.2) is 0 Å². The molecule has 70 valence electrons. The molecule has 0 aromatic heterocycles. The van der Waals surface area contributed by atoms with Gasteiger partial charge in [-0.15, -0.1) is 12.1 Å². The summed E-state index contributed by atoms with van der Waals surface area (Å²) in [4.78, 5) is 0. The van der Waals surface area contributed by atoms with Crippen LogP contribution in [0.3, 0.4) is 0 Å². The van der Waals surface area contributed by atoms with Crippen molar-refractivity contribution in [3.63, 3.8) is 0 Å². The van der Waals surface area contributed by atoms with Crippen molar-refractivity contribution in [3.05, 3.63) is 30.3 Å². The van der Waals surface area contributed by atoms with Gasteiger partial charge in [0, 0.05) is 22.8 Å². The first-order chi connectivity index (χ1) is 5.35. The van der Waals surface area contributed by atoms with Crippen LogP contribution in [-0.4, -0.2) is 7.11 Å². The summed E-state index contributed by atoms with van der Waals surface area (Å²) in [5.74, 6) is 0.785. The smallest absolute Gasteiger partial charge is 0.0743 e. The van der Waals surface area contributed by atoms with Gasteiger partial charge in [-0.2, -0.15) is 18.2 Å². The van der Waals surface area contributed by atoms with Gasteiger partial charge in [0.2, 0.25) is 0 Å². The Bertz CT molecular complexity index is 163. The number of benzene rings is 1. The molecule has 0 spiro atoms. The van der Waals surface area contributed by atoms with Gasteiger partial charge in [0.25, 0.3) is 0 Å². The van der Waals surface area contributed by atoms with Gasteiger partial charge in [-0.3, -0.25) is 0 Å². The molecule has 2 heteroatoms. The summed E-state index contributed by atoms with van der Waals surface area (Å²) in [5, 5.41) is 0. The summed E-state index contributed by atoms with van der Waals surface area (Å²) < 4.78 is 4.86. The third-order valence-corrected chi connectivity index (χ3v) is 0.900. The second-order valence-corrected chi connectivity index (χ2v) is 2.14. The SMILES string of the molecule is CCC.COc1[c-]cccc1.[Fe]. The predicted octanol–water partition coefficient (Wildman–Crippen LogP) is 2.91. The normalized spacial score (nSPS) is 7.25. The number of hydrogen-bond donors (Lipinski definition) is 0. The fourth-order valence-corrected chi connectivity index (χ4v) is 0.504. The minimum absolute atomic E-state index is 0. The maximum absolute atomic E-state index is 4.86. The van der Waals surface area contributed by atoms with Crippen molar-refractivity contribution in [2.24, 2.45) is 0 Å². The minimum atomic E-state index is 0. The second kappa shape index (κ2) is 10.5. The Morgan fingerprint density at radius 3 is 2.17 bits per heavy atom. The molecular weight excluding hydrogens is 192 g/mol. The van der Waals surface area contributed by atoms with Gasteiger partial charge in [0.05, 0.1) is 7.11 Å². The number of ether oxygens (including phenoxy) is 1. The molecule has 1 nitrogen and oxygen atoms in total. The molecule has 0 atom stereocenters. The first kappa shape index (κ1) is 14.1. The van der Waals surface area contributed by atoms with Crippen molar-refractivity contribution in [1.82, 2.24) is 0 Å². The van der Waals surface area contributed by atoms with Crippen molar-refractivity contribution in [1.29, 1.82) is 0 Å². The van der Waals surface area contributed by atoms with Crippen LogP contribution in [0, 0.1) is 6.07 Å². The molecule has 0 unspecified atom stereocenters. The maximum atomic E-state index is 4.86. The van der Waals surface area contributed by atoms with Crippen LogP contribution < -0.4 is 4.74 Å². The minimum Gasteiger partial charge on any atom is -0.523 e. The molecule has 0 bridgehead atoms. The van der Waals surface area contributed by atoms with Crippen LogP contribution in [0.1, 0.15) is 20.3 Å². The van der Waals surface area contributed by atoms with E-state index >= 15 is 0 Å². The molecule has 1 rings (SSSR count). The monoisotopic (exact) mass is 207 g/mol. The quantitative estimate of drug-likeness (QED) is 0.508. The zero-order valence-electron chi connectivity index (χ0n) is 7.78. The van der Waals surface area contributed by atoms with Gasteiger partial charge >= 0.3 is 0 Å². The number of hydrogen-bond acceptors (Lipinski definition) is 1. The summed E-state index contributed by atoms with van der Waals surface area (Å²) in [5.41, 5.74) is 0. The number of rotatable bonds is 1. The van der Waals surface area contributed by atoms with Gasteiger partial charge in [-0.25, -0.2) is 0 Å². The molecule has 0 fully saturated rings. The molecule has 0 aliphatic heterocycles. The third-order valence-electron chi connectivity index (χ3n) is 0.900. The van der Waals surface area contributed by atoms with E-state index in [9.17, 15) is 0 Å². The Morgan fingerprint density at radius 1 is 1.33 bits per heavy atom. The average molecular weight is 207 g/mol. The molecule has 0 saturated heterocycles. The van der Waals surface area contributed by atoms with Crippen LogP contribution in [0.25, 0.3) is 0 Å². The fourth-order valence-electron chi connectivity index (χ4n) is 0.504. The van der Waals surface area contributed by atoms with Crippen LogP contribution >= 0.6 is 0 Å². The zero-order chi connectivity index (χ0) is 8.53. The molecule has 12 heavy (non-hydrogen) atoms. The first-order valence-electron chi connectivity index (χ1n) is 3.85. The van der Waals surface area contributed by atoms with E-state index < -0.39 is 0 Å². The standard InChI is InChI=1S/C7H7O.C3H8.Fe/c1-8-7-5-3-2-4-6-7;1-3-2;/h2-5H,1H3;3H2,1-2H3;/q-1;;. The largest absolute Gasteiger partial charge is 0.523 e. The van der Waals surface area contributed by atoms with E-state index in [-0.39, 0.29) is 17.1 Å². The molecular formula is C10H15FeO-. The Hall–Kier alpha value is -0.461. The summed E-state index contributed by atoms with van der Waals surface area (Å²) in [6, 6.07) is 10.4. The van der Waals surface area contributed by atoms with Crippen molar-refractivity contribution < 1.29 is 21.8 Å². The molecule has 0 heterocycles. The first-order valence-corrected chi connectivity index (χ1v) is 3.85. The topological polar surface area (TPSA) is 9.23 Å². The van der Waals surface area contributed by atoms with Crippen molar-refractivity contribution >= 4 is 0 Å². The zero-order valence-corrected chi connectivity index (χ0v) is 8.88. The van der Waals surface area contributed by atoms with Gasteiger partial charge < -0.3 is 4.74 Å². The van der Waals surface area contributed by atoms with Crippen LogP contribution in [0.5, 0.6) is 5.75 Å². The van der Waals surface area contributed by atoms with Crippen molar-refractivity contribution in [3.8, 4) is 5.75 Å². The molecule has 0 aliphatic rings. The number of para-hydroxylation sites is 1. The van der Waals surface area contributed by atoms with Crippen LogP contribution in [0.4, 0.5) is 0 Å². The summed E-state index contributed by atoms with van der Waals surface area (Å²) in [6.45, 7) is 4.25. The molecule has 0 amide bonds. The van der Waals surface area contributed by atoms with Crippen LogP contribution in [0.15, 0.2) is 24.3 Å². The van der Waals surface area contributed by atoms with E-state index in [0.717, 1.165) is 5.75 Å². The van der Waals surface area contributed by atoms with Crippen molar-refractivity contribution in [2.45, 2.75) is 20.3 Å². The van der Waals surface area contributed by atoms with E-state index in [1.807, 2.05) is 24.3 Å². The third kappa shape index (κ3) is 7.64. The van der Waals surface area contributed by atoms with E-state index in [1.165, 1.54) is 6.42 Å². The Kier molecular flexibility index (Phi) is 12.4. The Morgan fingerprint density at radius 2 is 1.92 bits per heavy atom. The average Bonchev–Trinajstić information content (AvgIpc) is 2.08. The molecule has 0 saturated carbocycles. The molecule has 1 aromatic rings. The number of methoxy groups -OCH3 is 1. The summed E-state index contributed by atoms with van der Waals surface area (Å²) in [6.07, 6.45) is 1.25. The Labute approximate surface area is 85.6 Å². The van der Waals surface area contributed by atoms with Crippen molar-refractivity contribution in [2.75, 3.05) is 7.11 Å². The van der Waals surface area contributed by atoms with E-state index in [0.29, 0.717) is 0 Å². The van der Waals surface area contributed by atoms with Gasteiger partial charge in [-0.05, 0) is 0 Å². The van der Waals surface area contributed by atoms with Crippen LogP contribution in [0.2, 0.25) is 0 Å². The van der Waals surface area contributed by atoms with E-state index in [1.54, 1.807) is 7.11 Å². The molecule has 1 aromatic carbocycles. The Balaban J connectivity index is 0. The maximum Gasteiger partial charge on any atom is 0.0743 e. The summed E-state index contributed by atoms with van der Waals surface area (Å²) in [7, 11) is 1.63. The van der Waals surface area contributed by atoms with Gasteiger partial charge in [0.1, 0.15) is 0 Å². The predicted molar refractivity (Wildman–Crippen MR) is 47.8 cm³/mol. The fraction of sp³-hybridized carbons (Fsp3) is 0.400. The van der Waals surface area contributed by atoms with Crippen LogP contribution in [-0.2, 0) is 17.1 Å².